The molecule has 1 heterocycles. The van der Waals surface area contributed by atoms with Gasteiger partial charge in [-0.1, -0.05) is 17.9 Å². The van der Waals surface area contributed by atoms with Crippen LogP contribution in [0.5, 0.6) is 0 Å². The van der Waals surface area contributed by atoms with Crippen molar-refractivity contribution in [3.63, 3.8) is 0 Å². The summed E-state index contributed by atoms with van der Waals surface area (Å²) < 4.78 is 13.8. The molecule has 0 radical (unpaired) electrons. The number of hydrogen-bond acceptors (Lipinski definition) is 3. The van der Waals surface area contributed by atoms with E-state index in [9.17, 15) is 9.18 Å². The van der Waals surface area contributed by atoms with E-state index in [1.54, 1.807) is 25.3 Å². The molecule has 0 atom stereocenters. The van der Waals surface area contributed by atoms with Crippen LogP contribution in [0.1, 0.15) is 21.5 Å². The van der Waals surface area contributed by atoms with E-state index in [1.165, 1.54) is 18.2 Å². The number of nitrogens with one attached hydrogen (secondary N) is 1. The highest BCUT2D eigenvalue weighted by Crippen LogP contribution is 2.14. The van der Waals surface area contributed by atoms with E-state index in [0.717, 1.165) is 5.56 Å². The average molecular weight is 284 g/mol. The maximum absolute atomic E-state index is 13.8. The number of aliphatic hydroxyl groups excluding tert-OH is 1. The SMILES string of the molecule is Cc1cccnc1NC(=O)c1cc(C#CCO)ccc1F. The first-order chi connectivity index (χ1) is 10.1. The first-order valence-corrected chi connectivity index (χ1v) is 6.24. The van der Waals surface area contributed by atoms with Gasteiger partial charge in [0.15, 0.2) is 0 Å². The van der Waals surface area contributed by atoms with E-state index < -0.39 is 11.7 Å². The summed E-state index contributed by atoms with van der Waals surface area (Å²) in [5.41, 5.74) is 1.11. The molecule has 0 aliphatic heterocycles. The van der Waals surface area contributed by atoms with E-state index in [0.29, 0.717) is 11.4 Å². The van der Waals surface area contributed by atoms with Crippen molar-refractivity contribution in [2.75, 3.05) is 11.9 Å². The van der Waals surface area contributed by atoms with Gasteiger partial charge < -0.3 is 10.4 Å². The summed E-state index contributed by atoms with van der Waals surface area (Å²) in [4.78, 5) is 16.2. The fraction of sp³-hybridized carbons (Fsp3) is 0.125. The van der Waals surface area contributed by atoms with Crippen molar-refractivity contribution >= 4 is 11.7 Å². The quantitative estimate of drug-likeness (QED) is 0.830. The predicted octanol–water partition coefficient (Wildman–Crippen LogP) is 2.13. The monoisotopic (exact) mass is 284 g/mol. The number of aryl methyl sites for hydroxylation is 1. The Kier molecular flexibility index (Phi) is 4.64. The zero-order valence-electron chi connectivity index (χ0n) is 11.4. The molecule has 0 aliphatic carbocycles. The van der Waals surface area contributed by atoms with Gasteiger partial charge in [-0.25, -0.2) is 9.37 Å². The lowest BCUT2D eigenvalue weighted by atomic mass is 10.1. The van der Waals surface area contributed by atoms with Gasteiger partial charge in [0.05, 0.1) is 5.56 Å². The normalized spacial score (nSPS) is 9.67. The van der Waals surface area contributed by atoms with E-state index in [2.05, 4.69) is 22.1 Å². The van der Waals surface area contributed by atoms with Crippen molar-refractivity contribution in [1.29, 1.82) is 0 Å². The number of halogens is 1. The number of anilines is 1. The maximum atomic E-state index is 13.8. The number of aliphatic hydroxyl groups is 1. The second kappa shape index (κ2) is 6.64. The Bertz CT molecular complexity index is 733. The van der Waals surface area contributed by atoms with E-state index in [1.807, 2.05) is 0 Å². The Morgan fingerprint density at radius 1 is 1.43 bits per heavy atom. The van der Waals surface area contributed by atoms with Crippen molar-refractivity contribution in [1.82, 2.24) is 4.98 Å². The minimum atomic E-state index is -0.643. The molecular formula is C16H13FN2O2. The maximum Gasteiger partial charge on any atom is 0.259 e. The number of carbonyl (C=O) groups excluding carboxylic acids is 1. The molecule has 1 aromatic heterocycles. The lowest BCUT2D eigenvalue weighted by Gasteiger charge is -2.08. The largest absolute Gasteiger partial charge is 0.384 e. The van der Waals surface area contributed by atoms with Crippen LogP contribution in [0.25, 0.3) is 0 Å². The number of amides is 1. The number of benzene rings is 1. The number of pyridine rings is 1. The van der Waals surface area contributed by atoms with Gasteiger partial charge in [0.2, 0.25) is 0 Å². The van der Waals surface area contributed by atoms with Gasteiger partial charge in [-0.3, -0.25) is 4.79 Å². The van der Waals surface area contributed by atoms with Crippen LogP contribution in [0.2, 0.25) is 0 Å². The number of rotatable bonds is 2. The molecule has 1 aromatic carbocycles. The molecule has 0 fully saturated rings. The first-order valence-electron chi connectivity index (χ1n) is 6.24. The van der Waals surface area contributed by atoms with Crippen LogP contribution in [0.3, 0.4) is 0 Å². The van der Waals surface area contributed by atoms with E-state index in [-0.39, 0.29) is 12.2 Å². The molecule has 0 unspecified atom stereocenters. The van der Waals surface area contributed by atoms with E-state index in [4.69, 9.17) is 5.11 Å². The fourth-order valence-electron chi connectivity index (χ4n) is 1.71. The predicted molar refractivity (Wildman–Crippen MR) is 77.3 cm³/mol. The standard InChI is InChI=1S/C16H13FN2O2/c1-11-4-2-8-18-15(11)19-16(21)13-10-12(5-3-9-20)6-7-14(13)17/h2,4,6-8,10,20H,9H2,1H3,(H,18,19,21). The molecule has 1 amide bonds. The molecule has 2 N–H and O–H groups in total. The summed E-state index contributed by atoms with van der Waals surface area (Å²) in [7, 11) is 0. The number of aromatic nitrogens is 1. The number of carbonyl (C=O) groups is 1. The third-order valence-electron chi connectivity index (χ3n) is 2.76. The van der Waals surface area contributed by atoms with Gasteiger partial charge in [0.25, 0.3) is 5.91 Å². The van der Waals surface area contributed by atoms with Crippen molar-refractivity contribution in [3.05, 3.63) is 59.0 Å². The molecule has 2 aromatic rings. The lowest BCUT2D eigenvalue weighted by molar-refractivity contribution is 0.102. The second-order valence-corrected chi connectivity index (χ2v) is 4.28. The Morgan fingerprint density at radius 2 is 2.24 bits per heavy atom. The minimum Gasteiger partial charge on any atom is -0.384 e. The minimum absolute atomic E-state index is 0.121. The molecular weight excluding hydrogens is 271 g/mol. The summed E-state index contributed by atoms with van der Waals surface area (Å²) >= 11 is 0. The number of nitrogens with zero attached hydrogens (tertiary/aromatic N) is 1. The molecule has 5 heteroatoms. The van der Waals surface area contributed by atoms with Crippen LogP contribution in [0.15, 0.2) is 36.5 Å². The van der Waals surface area contributed by atoms with Crippen LogP contribution in [-0.2, 0) is 0 Å². The fourth-order valence-corrected chi connectivity index (χ4v) is 1.71. The summed E-state index contributed by atoms with van der Waals surface area (Å²) in [6.07, 6.45) is 1.54. The zero-order chi connectivity index (χ0) is 15.2. The van der Waals surface area contributed by atoms with Crippen LogP contribution in [0, 0.1) is 24.6 Å². The third kappa shape index (κ3) is 3.65. The lowest BCUT2D eigenvalue weighted by Crippen LogP contribution is -2.15. The molecule has 0 spiro atoms. The molecule has 2 rings (SSSR count). The Hall–Kier alpha value is -2.71. The molecule has 0 saturated carbocycles. The average Bonchev–Trinajstić information content (AvgIpc) is 2.48. The van der Waals surface area contributed by atoms with Gasteiger partial charge >= 0.3 is 0 Å². The van der Waals surface area contributed by atoms with Crippen molar-refractivity contribution in [3.8, 4) is 11.8 Å². The summed E-state index contributed by atoms with van der Waals surface area (Å²) in [6.45, 7) is 1.49. The zero-order valence-corrected chi connectivity index (χ0v) is 11.4. The topological polar surface area (TPSA) is 62.2 Å². The smallest absolute Gasteiger partial charge is 0.259 e. The summed E-state index contributed by atoms with van der Waals surface area (Å²) in [6, 6.07) is 7.49. The summed E-state index contributed by atoms with van der Waals surface area (Å²) in [5, 5.41) is 11.2. The van der Waals surface area contributed by atoms with Crippen LogP contribution in [0.4, 0.5) is 10.2 Å². The molecule has 0 aliphatic rings. The van der Waals surface area contributed by atoms with Gasteiger partial charge in [0.1, 0.15) is 18.2 Å². The highest BCUT2D eigenvalue weighted by Gasteiger charge is 2.13. The molecule has 21 heavy (non-hydrogen) atoms. The molecule has 106 valence electrons. The van der Waals surface area contributed by atoms with Crippen LogP contribution in [-0.4, -0.2) is 22.6 Å². The van der Waals surface area contributed by atoms with Crippen molar-refractivity contribution < 1.29 is 14.3 Å². The van der Waals surface area contributed by atoms with Gasteiger partial charge in [-0.05, 0) is 36.8 Å². The first kappa shape index (κ1) is 14.7. The molecule has 0 saturated heterocycles. The summed E-state index contributed by atoms with van der Waals surface area (Å²) in [5.74, 6) is 4.22. The molecule has 0 bridgehead atoms. The van der Waals surface area contributed by atoms with Crippen LogP contribution < -0.4 is 5.32 Å². The van der Waals surface area contributed by atoms with Gasteiger partial charge in [-0.2, -0.15) is 0 Å². The highest BCUT2D eigenvalue weighted by molar-refractivity contribution is 6.04. The second-order valence-electron chi connectivity index (χ2n) is 4.28. The Labute approximate surface area is 121 Å². The van der Waals surface area contributed by atoms with Gasteiger partial charge in [-0.15, -0.1) is 0 Å². The van der Waals surface area contributed by atoms with Crippen molar-refractivity contribution in [2.24, 2.45) is 0 Å². The Morgan fingerprint density at radius 3 is 2.95 bits per heavy atom. The van der Waals surface area contributed by atoms with Crippen LogP contribution >= 0.6 is 0 Å². The van der Waals surface area contributed by atoms with Crippen molar-refractivity contribution in [2.45, 2.75) is 6.92 Å². The molecule has 4 nitrogen and oxygen atoms in total. The third-order valence-corrected chi connectivity index (χ3v) is 2.76. The highest BCUT2D eigenvalue weighted by atomic mass is 19.1. The number of hydrogen-bond donors (Lipinski definition) is 2. The Balaban J connectivity index is 2.28. The van der Waals surface area contributed by atoms with Gasteiger partial charge in [0, 0.05) is 11.8 Å². The van der Waals surface area contributed by atoms with E-state index >= 15 is 0 Å².